The van der Waals surface area contributed by atoms with Crippen molar-refractivity contribution in [3.63, 3.8) is 0 Å². The molecular formula is C57H89N3O2S2. The molecule has 5 heterocycles. The largest absolute Gasteiger partial charge is 0.310 e. The summed E-state index contributed by atoms with van der Waals surface area (Å²) in [6.07, 6.45) is 35.2. The molecule has 356 valence electrons. The average Bonchev–Trinajstić information content (AvgIpc) is 4.06. The van der Waals surface area contributed by atoms with Crippen LogP contribution in [0.15, 0.2) is 30.3 Å². The van der Waals surface area contributed by atoms with Crippen LogP contribution in [0, 0.1) is 5.41 Å². The van der Waals surface area contributed by atoms with Gasteiger partial charge in [0.15, 0.2) is 0 Å². The minimum absolute atomic E-state index is 0.0129. The van der Waals surface area contributed by atoms with E-state index in [1.807, 2.05) is 16.2 Å². The van der Waals surface area contributed by atoms with Crippen molar-refractivity contribution >= 4 is 45.9 Å². The molecule has 0 saturated carbocycles. The average molecular weight is 912 g/mol. The van der Waals surface area contributed by atoms with E-state index in [0.29, 0.717) is 29.7 Å². The van der Waals surface area contributed by atoms with Gasteiger partial charge in [0.25, 0.3) is 11.8 Å². The van der Waals surface area contributed by atoms with Crippen molar-refractivity contribution in [1.82, 2.24) is 14.8 Å². The number of rotatable bonds is 34. The van der Waals surface area contributed by atoms with Gasteiger partial charge in [-0.2, -0.15) is 0 Å². The zero-order chi connectivity index (χ0) is 46.0. The van der Waals surface area contributed by atoms with Crippen LogP contribution in [0.5, 0.6) is 0 Å². The van der Waals surface area contributed by atoms with Crippen LogP contribution in [0.2, 0.25) is 0 Å². The summed E-state index contributed by atoms with van der Waals surface area (Å²) in [6, 6.07) is 11.1. The molecule has 3 aromatic rings. The number of unbranched alkanes of at least 4 members (excludes halogenated alkanes) is 22. The molecule has 0 aromatic carbocycles. The second-order valence-corrected chi connectivity index (χ2v) is 22.9. The number of amides is 2. The van der Waals surface area contributed by atoms with E-state index in [0.717, 1.165) is 72.9 Å². The number of thiophene rings is 2. The minimum atomic E-state index is -0.223. The van der Waals surface area contributed by atoms with Crippen LogP contribution < -0.4 is 10.6 Å². The van der Waals surface area contributed by atoms with Gasteiger partial charge < -0.3 is 9.80 Å². The smallest absolute Gasteiger partial charge is 0.277 e. The van der Waals surface area contributed by atoms with Crippen LogP contribution in [0.4, 0.5) is 0 Å². The molecule has 0 radical (unpaired) electrons. The first kappa shape index (κ1) is 52.2. The zero-order valence-electron chi connectivity index (χ0n) is 42.1. The van der Waals surface area contributed by atoms with Crippen LogP contribution in [-0.4, -0.2) is 39.7 Å². The number of aromatic nitrogens is 1. The van der Waals surface area contributed by atoms with Crippen molar-refractivity contribution in [2.45, 2.75) is 241 Å². The molecule has 3 aromatic heterocycles. The molecule has 0 atom stereocenters. The lowest BCUT2D eigenvalue weighted by molar-refractivity contribution is 0.0817. The van der Waals surface area contributed by atoms with Crippen molar-refractivity contribution in [2.24, 2.45) is 5.41 Å². The summed E-state index contributed by atoms with van der Waals surface area (Å²) in [5.41, 5.74) is 3.08. The Kier molecular flexibility index (Phi) is 21.6. The third-order valence-corrected chi connectivity index (χ3v) is 16.9. The van der Waals surface area contributed by atoms with Gasteiger partial charge in [-0.1, -0.05) is 209 Å². The predicted molar refractivity (Wildman–Crippen MR) is 278 cm³/mol. The fraction of sp³-hybridized carbons (Fsp3) is 0.702. The molecule has 64 heavy (non-hydrogen) atoms. The highest BCUT2D eigenvalue weighted by atomic mass is 32.1. The van der Waals surface area contributed by atoms with E-state index in [2.05, 4.69) is 90.6 Å². The molecule has 2 aliphatic rings. The highest BCUT2D eigenvalue weighted by Gasteiger charge is 2.41. The highest BCUT2D eigenvalue weighted by molar-refractivity contribution is 7.22. The maximum atomic E-state index is 14.8. The molecule has 0 fully saturated rings. The van der Waals surface area contributed by atoms with E-state index in [4.69, 9.17) is 4.98 Å². The molecule has 5 rings (SSSR count). The van der Waals surface area contributed by atoms with Crippen molar-refractivity contribution in [2.75, 3.05) is 13.1 Å². The van der Waals surface area contributed by atoms with E-state index in [1.54, 1.807) is 11.3 Å². The van der Waals surface area contributed by atoms with Crippen LogP contribution in [0.25, 0.3) is 21.1 Å². The molecule has 5 nitrogen and oxygen atoms in total. The predicted octanol–water partition coefficient (Wildman–Crippen LogP) is 16.4. The molecule has 0 spiro atoms. The summed E-state index contributed by atoms with van der Waals surface area (Å²) in [6.45, 7) is 19.7. The maximum absolute atomic E-state index is 14.8. The lowest BCUT2D eigenvalue weighted by Crippen LogP contribution is -2.33. The molecule has 2 amide bonds. The normalized spacial score (nSPS) is 14.2. The van der Waals surface area contributed by atoms with Gasteiger partial charge in [0, 0.05) is 44.1 Å². The summed E-state index contributed by atoms with van der Waals surface area (Å²) >= 11 is 3.66. The third-order valence-electron chi connectivity index (χ3n) is 14.2. The Hall–Kier alpha value is -2.77. The zero-order valence-corrected chi connectivity index (χ0v) is 43.7. The summed E-state index contributed by atoms with van der Waals surface area (Å²) in [7, 11) is 0. The molecule has 0 N–H and O–H groups in total. The Bertz CT molecular complexity index is 2020. The van der Waals surface area contributed by atoms with E-state index < -0.39 is 0 Å². The maximum Gasteiger partial charge on any atom is 0.277 e. The van der Waals surface area contributed by atoms with Gasteiger partial charge in [-0.15, -0.1) is 22.7 Å². The number of carbonyl (C=O) groups is 2. The SMILES string of the molecule is CCCCCCCCCCCCCCN1C(=O)c2nc3c(cc2=C1C(C)(C)CCC)C(=O)N(CCCCCCCCCCCCCC)C=3c1ccc(-c2ccc(C(C)(C)CCC)s2)s1. The fourth-order valence-corrected chi connectivity index (χ4v) is 12.8. The Morgan fingerprint density at radius 2 is 0.922 bits per heavy atom. The van der Waals surface area contributed by atoms with Crippen molar-refractivity contribution < 1.29 is 9.59 Å². The van der Waals surface area contributed by atoms with E-state index in [-0.39, 0.29) is 22.6 Å². The first-order chi connectivity index (χ1) is 31.0. The lowest BCUT2D eigenvalue weighted by Gasteiger charge is -2.33. The number of hydrogen-bond donors (Lipinski definition) is 0. The van der Waals surface area contributed by atoms with Crippen molar-refractivity contribution in [1.29, 1.82) is 0 Å². The van der Waals surface area contributed by atoms with Gasteiger partial charge in [-0.25, -0.2) is 4.98 Å². The van der Waals surface area contributed by atoms with Crippen molar-refractivity contribution in [3.05, 3.63) is 61.9 Å². The van der Waals surface area contributed by atoms with E-state index in [1.165, 1.54) is 143 Å². The van der Waals surface area contributed by atoms with Crippen LogP contribution >= 0.6 is 22.7 Å². The number of nitrogens with zero attached hydrogens (tertiary/aromatic N) is 3. The molecular weight excluding hydrogens is 823 g/mol. The first-order valence-electron chi connectivity index (χ1n) is 26.6. The Balaban J connectivity index is 1.36. The van der Waals surface area contributed by atoms with Crippen LogP contribution in [0.1, 0.15) is 266 Å². The first-order valence-corrected chi connectivity index (χ1v) is 28.3. The van der Waals surface area contributed by atoms with E-state index >= 15 is 0 Å². The van der Waals surface area contributed by atoms with E-state index in [9.17, 15) is 9.59 Å². The van der Waals surface area contributed by atoms with Crippen LogP contribution in [-0.2, 0) is 5.41 Å². The second-order valence-electron chi connectivity index (χ2n) is 20.8. The monoisotopic (exact) mass is 912 g/mol. The molecule has 0 saturated heterocycles. The molecule has 2 aliphatic heterocycles. The fourth-order valence-electron chi connectivity index (χ4n) is 10.5. The quantitative estimate of drug-likeness (QED) is 0.0561. The van der Waals surface area contributed by atoms with Gasteiger partial charge >= 0.3 is 0 Å². The number of carbonyl (C=O) groups excluding carboxylic acids is 2. The lowest BCUT2D eigenvalue weighted by atomic mass is 9.83. The van der Waals surface area contributed by atoms with Gasteiger partial charge in [0.2, 0.25) is 0 Å². The Labute approximate surface area is 399 Å². The molecule has 0 bridgehead atoms. The number of fused-ring (bicyclic) bond motifs is 2. The highest BCUT2D eigenvalue weighted by Crippen LogP contribution is 2.42. The standard InChI is InChI=1S/C57H89N3O2S2/c1-9-13-15-17-19-21-23-25-27-29-31-33-41-59-52(48-36-35-46(63-48)47-37-38-49(64-47)56(5,6)39-11-3)50-45(54(59)61)43-44-51(58-50)55(62)60(53(44)57(7,8)40-12-4)42-34-32-30-28-26-24-22-20-18-16-14-10-2/h35-38,43H,9-34,39-42H2,1-8H3. The summed E-state index contributed by atoms with van der Waals surface area (Å²) in [5, 5.41) is 1.58. The topological polar surface area (TPSA) is 53.5 Å². The van der Waals surface area contributed by atoms with Gasteiger partial charge in [0.05, 0.1) is 16.1 Å². The van der Waals surface area contributed by atoms with Gasteiger partial charge in [-0.3, -0.25) is 9.59 Å². The molecule has 0 unspecified atom stereocenters. The minimum Gasteiger partial charge on any atom is -0.310 e. The number of pyridine rings is 1. The summed E-state index contributed by atoms with van der Waals surface area (Å²) in [4.78, 5) is 43.8. The van der Waals surface area contributed by atoms with Gasteiger partial charge in [0.1, 0.15) is 11.0 Å². The summed E-state index contributed by atoms with van der Waals surface area (Å²) < 4.78 is 0. The number of hydrogen-bond acceptors (Lipinski definition) is 5. The van der Waals surface area contributed by atoms with Crippen molar-refractivity contribution in [3.8, 4) is 9.75 Å². The van der Waals surface area contributed by atoms with Crippen LogP contribution in [0.3, 0.4) is 0 Å². The van der Waals surface area contributed by atoms with Gasteiger partial charge in [-0.05, 0) is 61.4 Å². The third kappa shape index (κ3) is 14.1. The Morgan fingerprint density at radius 1 is 0.484 bits per heavy atom. The second kappa shape index (κ2) is 26.5. The molecule has 7 heteroatoms. The molecule has 0 aliphatic carbocycles. The Morgan fingerprint density at radius 3 is 1.44 bits per heavy atom. The summed E-state index contributed by atoms with van der Waals surface area (Å²) in [5.74, 6) is 0.0523.